The largest absolute Gasteiger partial charge is 0.455 e. The molecule has 2 aromatic heterocycles. The van der Waals surface area contributed by atoms with Crippen LogP contribution in [0.3, 0.4) is 0 Å². The van der Waals surface area contributed by atoms with Gasteiger partial charge in [0, 0.05) is 26.2 Å². The highest BCUT2D eigenvalue weighted by molar-refractivity contribution is 7.26. The van der Waals surface area contributed by atoms with Crippen LogP contribution in [-0.4, -0.2) is 0 Å². The van der Waals surface area contributed by atoms with Crippen molar-refractivity contribution in [2.24, 2.45) is 0 Å². The maximum Gasteiger partial charge on any atom is 0.153 e. The van der Waals surface area contributed by atoms with Crippen molar-refractivity contribution < 1.29 is 4.42 Å². The molecule has 2 heterocycles. The number of furan rings is 1. The molecule has 0 radical (unpaired) electrons. The highest BCUT2D eigenvalue weighted by Gasteiger charge is 2.18. The van der Waals surface area contributed by atoms with Crippen molar-refractivity contribution in [3.8, 4) is 33.4 Å². The van der Waals surface area contributed by atoms with Gasteiger partial charge in [0.2, 0.25) is 0 Å². The molecule has 11 aromatic carbocycles. The van der Waals surface area contributed by atoms with E-state index in [1.54, 1.807) is 0 Å². The first kappa shape index (κ1) is 31.9. The Labute approximate surface area is 337 Å². The summed E-state index contributed by atoms with van der Waals surface area (Å²) in [6.07, 6.45) is 0. The molecule has 0 spiro atoms. The van der Waals surface area contributed by atoms with E-state index in [4.69, 9.17) is 4.42 Å². The average molecular weight is 753 g/mol. The SMILES string of the molecule is c1ccc2cc(-c3c4ccccc4c(-c4ccc5cc(-c6ccc7cc8sc9c(ccc%10c%11ccccc%11oc%109)c8cc7c6)ccc5c4)c4ccccc34)ccc2c1. The number of fused-ring (bicyclic) bond motifs is 12. The molecule has 1 nitrogen and oxygen atoms in total. The van der Waals surface area contributed by atoms with Gasteiger partial charge in [-0.1, -0.05) is 146 Å². The lowest BCUT2D eigenvalue weighted by atomic mass is 9.85. The van der Waals surface area contributed by atoms with Crippen LogP contribution in [0.1, 0.15) is 0 Å². The summed E-state index contributed by atoms with van der Waals surface area (Å²) >= 11 is 1.83. The lowest BCUT2D eigenvalue weighted by molar-refractivity contribution is 0.673. The zero-order valence-corrected chi connectivity index (χ0v) is 32.1. The summed E-state index contributed by atoms with van der Waals surface area (Å²) < 4.78 is 8.92. The third kappa shape index (κ3) is 4.70. The topological polar surface area (TPSA) is 13.1 Å². The standard InChI is InChI=1S/C56H32OS/c1-2-10-34-28-40(23-17-33(34)9-1)53-44-12-3-5-14-46(44)54(47-15-6-4-13-45(47)53)41-24-22-36-27-35(18-19-37(36)29-41)38-20-21-39-32-52-50(31-42(39)30-38)49-26-25-48-43-11-7-8-16-51(43)57-55(48)56(49)58-52/h1-32H. The molecule has 0 amide bonds. The Hall–Kier alpha value is -7.26. The van der Waals surface area contributed by atoms with Crippen LogP contribution in [0, 0.1) is 0 Å². The first-order valence-corrected chi connectivity index (χ1v) is 20.7. The molecule has 2 heteroatoms. The lowest BCUT2D eigenvalue weighted by Gasteiger charge is -2.18. The van der Waals surface area contributed by atoms with Gasteiger partial charge in [-0.15, -0.1) is 11.3 Å². The molecule has 0 saturated heterocycles. The molecule has 0 unspecified atom stereocenters. The fraction of sp³-hybridized carbons (Fsp3) is 0. The van der Waals surface area contributed by atoms with Crippen LogP contribution in [0.15, 0.2) is 199 Å². The Kier molecular flexibility index (Phi) is 6.66. The normalized spacial score (nSPS) is 12.1. The zero-order chi connectivity index (χ0) is 37.9. The summed E-state index contributed by atoms with van der Waals surface area (Å²) in [6.45, 7) is 0. The Balaban J connectivity index is 0.917. The fourth-order valence-corrected chi connectivity index (χ4v) is 10.8. The second-order valence-electron chi connectivity index (χ2n) is 15.6. The molecule has 0 aliphatic carbocycles. The molecular formula is C56H32OS. The predicted octanol–water partition coefficient (Wildman–Crippen LogP) is 16.7. The summed E-state index contributed by atoms with van der Waals surface area (Å²) in [7, 11) is 0. The number of hydrogen-bond donors (Lipinski definition) is 0. The Morgan fingerprint density at radius 3 is 1.41 bits per heavy atom. The van der Waals surface area contributed by atoms with Crippen molar-refractivity contribution in [3.63, 3.8) is 0 Å². The summed E-state index contributed by atoms with van der Waals surface area (Å²) in [5.41, 5.74) is 9.42. The van der Waals surface area contributed by atoms with E-state index in [2.05, 4.69) is 188 Å². The predicted molar refractivity (Wildman–Crippen MR) is 250 cm³/mol. The minimum atomic E-state index is 0.942. The highest BCUT2D eigenvalue weighted by atomic mass is 32.1. The van der Waals surface area contributed by atoms with Gasteiger partial charge >= 0.3 is 0 Å². The van der Waals surface area contributed by atoms with E-state index in [9.17, 15) is 0 Å². The van der Waals surface area contributed by atoms with Crippen LogP contribution in [0.25, 0.3) is 129 Å². The molecule has 0 fully saturated rings. The molecule has 0 atom stereocenters. The molecule has 0 aliphatic rings. The minimum absolute atomic E-state index is 0.942. The van der Waals surface area contributed by atoms with E-state index in [0.717, 1.165) is 11.2 Å². The first-order chi connectivity index (χ1) is 28.7. The van der Waals surface area contributed by atoms with Crippen LogP contribution in [0.5, 0.6) is 0 Å². The number of hydrogen-bond acceptors (Lipinski definition) is 2. The molecule has 0 N–H and O–H groups in total. The highest BCUT2D eigenvalue weighted by Crippen LogP contribution is 2.46. The van der Waals surface area contributed by atoms with Crippen LogP contribution in [0.4, 0.5) is 0 Å². The van der Waals surface area contributed by atoms with Gasteiger partial charge in [0.25, 0.3) is 0 Å². The number of benzene rings is 11. The third-order valence-corrected chi connectivity index (χ3v) is 13.5. The van der Waals surface area contributed by atoms with Crippen molar-refractivity contribution in [1.82, 2.24) is 0 Å². The van der Waals surface area contributed by atoms with Crippen molar-refractivity contribution in [2.45, 2.75) is 0 Å². The van der Waals surface area contributed by atoms with Crippen molar-refractivity contribution in [1.29, 1.82) is 0 Å². The molecule has 0 bridgehead atoms. The maximum atomic E-state index is 6.42. The lowest BCUT2D eigenvalue weighted by Crippen LogP contribution is -1.91. The Bertz CT molecular complexity index is 3810. The van der Waals surface area contributed by atoms with E-state index < -0.39 is 0 Å². The van der Waals surface area contributed by atoms with Gasteiger partial charge in [0.05, 0.1) is 4.70 Å². The van der Waals surface area contributed by atoms with Crippen molar-refractivity contribution in [3.05, 3.63) is 194 Å². The van der Waals surface area contributed by atoms with E-state index >= 15 is 0 Å². The van der Waals surface area contributed by atoms with Crippen LogP contribution in [-0.2, 0) is 0 Å². The summed E-state index contributed by atoms with van der Waals surface area (Å²) in [5, 5.41) is 17.5. The van der Waals surface area contributed by atoms with Crippen molar-refractivity contribution >= 4 is 107 Å². The van der Waals surface area contributed by atoms with Crippen LogP contribution in [0.2, 0.25) is 0 Å². The van der Waals surface area contributed by atoms with Crippen LogP contribution < -0.4 is 0 Å². The number of rotatable bonds is 3. The molecule has 13 rings (SSSR count). The van der Waals surface area contributed by atoms with Gasteiger partial charge in [0.15, 0.2) is 5.58 Å². The second kappa shape index (κ2) is 12.1. The number of para-hydroxylation sites is 1. The Morgan fingerprint density at radius 2 is 0.759 bits per heavy atom. The molecule has 0 saturated carbocycles. The van der Waals surface area contributed by atoms with Gasteiger partial charge in [-0.2, -0.15) is 0 Å². The molecule has 58 heavy (non-hydrogen) atoms. The van der Waals surface area contributed by atoms with Gasteiger partial charge in [-0.3, -0.25) is 0 Å². The van der Waals surface area contributed by atoms with Gasteiger partial charge < -0.3 is 4.42 Å². The second-order valence-corrected chi connectivity index (χ2v) is 16.7. The summed E-state index contributed by atoms with van der Waals surface area (Å²) in [5.74, 6) is 0. The Morgan fingerprint density at radius 1 is 0.293 bits per heavy atom. The molecule has 268 valence electrons. The zero-order valence-electron chi connectivity index (χ0n) is 31.3. The molecular weight excluding hydrogens is 721 g/mol. The third-order valence-electron chi connectivity index (χ3n) is 12.4. The van der Waals surface area contributed by atoms with Gasteiger partial charge in [0.1, 0.15) is 5.58 Å². The van der Waals surface area contributed by atoms with Crippen LogP contribution >= 0.6 is 11.3 Å². The smallest absolute Gasteiger partial charge is 0.153 e. The number of thiophene rings is 1. The monoisotopic (exact) mass is 752 g/mol. The average Bonchev–Trinajstić information content (AvgIpc) is 3.85. The van der Waals surface area contributed by atoms with E-state index in [1.807, 2.05) is 17.4 Å². The minimum Gasteiger partial charge on any atom is -0.455 e. The van der Waals surface area contributed by atoms with E-state index in [-0.39, 0.29) is 0 Å². The summed E-state index contributed by atoms with van der Waals surface area (Å²) in [6, 6.07) is 71.7. The van der Waals surface area contributed by atoms with E-state index in [1.165, 1.54) is 118 Å². The maximum absolute atomic E-state index is 6.42. The van der Waals surface area contributed by atoms with Gasteiger partial charge in [-0.05, 0) is 136 Å². The first-order valence-electron chi connectivity index (χ1n) is 19.9. The fourth-order valence-electron chi connectivity index (χ4n) is 9.61. The van der Waals surface area contributed by atoms with E-state index in [0.29, 0.717) is 0 Å². The molecule has 13 aromatic rings. The van der Waals surface area contributed by atoms with Gasteiger partial charge in [-0.25, -0.2) is 0 Å². The molecule has 0 aliphatic heterocycles. The summed E-state index contributed by atoms with van der Waals surface area (Å²) in [4.78, 5) is 0. The van der Waals surface area contributed by atoms with Crippen molar-refractivity contribution in [2.75, 3.05) is 0 Å². The quantitative estimate of drug-likeness (QED) is 0.164.